The molecule has 0 fully saturated rings. The number of sulfonamides is 2. The topological polar surface area (TPSA) is 109 Å². The SMILES string of the molecule is C=CC(=O)OCCC[N+](C)(CCC)CCC.O=S(=O)([N-]S(=O)(=O)C(F)(F)C(F)(F)F)C(F)(F)C(F)(F)F. The van der Waals surface area contributed by atoms with Gasteiger partial charge in [0.25, 0.3) is 0 Å². The molecule has 0 aliphatic carbocycles. The van der Waals surface area contributed by atoms with E-state index in [-0.39, 0.29) is 5.97 Å². The van der Waals surface area contributed by atoms with E-state index in [2.05, 4.69) is 27.5 Å². The Hall–Kier alpha value is -1.67. The maximum atomic E-state index is 12.3. The average Bonchev–Trinajstić information content (AvgIpc) is 2.69. The third-order valence-corrected chi connectivity index (χ3v) is 7.61. The Morgan fingerprint density at radius 3 is 1.43 bits per heavy atom. The predicted octanol–water partition coefficient (Wildman–Crippen LogP) is 4.70. The molecule has 0 radical (unpaired) electrons. The Bertz CT molecular complexity index is 904. The van der Waals surface area contributed by atoms with Gasteiger partial charge in [-0.2, -0.15) is 43.9 Å². The van der Waals surface area contributed by atoms with Crippen LogP contribution in [-0.2, 0) is 29.6 Å². The molecule has 20 heteroatoms. The van der Waals surface area contributed by atoms with Crippen LogP contribution in [0.25, 0.3) is 4.13 Å². The molecule has 37 heavy (non-hydrogen) atoms. The van der Waals surface area contributed by atoms with Crippen LogP contribution in [0.5, 0.6) is 0 Å². The maximum Gasteiger partial charge on any atom is 0.467 e. The van der Waals surface area contributed by atoms with Crippen LogP contribution in [0, 0.1) is 0 Å². The first-order valence-electron chi connectivity index (χ1n) is 10.0. The van der Waals surface area contributed by atoms with Crippen molar-refractivity contribution in [2.75, 3.05) is 33.3 Å². The van der Waals surface area contributed by atoms with Crippen molar-refractivity contribution in [1.29, 1.82) is 0 Å². The van der Waals surface area contributed by atoms with Gasteiger partial charge in [-0.3, -0.25) is 0 Å². The van der Waals surface area contributed by atoms with Crippen LogP contribution >= 0.6 is 0 Å². The molecule has 0 atom stereocenters. The molecule has 0 aromatic heterocycles. The van der Waals surface area contributed by atoms with Crippen molar-refractivity contribution in [3.63, 3.8) is 0 Å². The summed E-state index contributed by atoms with van der Waals surface area (Å²) in [6.45, 7) is 11.8. The van der Waals surface area contributed by atoms with Crippen LogP contribution in [-0.4, -0.2) is 83.4 Å². The number of rotatable bonds is 13. The number of carbonyl (C=O) groups excluding carboxylic acids is 1. The van der Waals surface area contributed by atoms with Gasteiger partial charge in [0.2, 0.25) is 0 Å². The number of hydrogen-bond donors (Lipinski definition) is 0. The molecule has 0 bridgehead atoms. The van der Waals surface area contributed by atoms with Crippen molar-refractivity contribution in [1.82, 2.24) is 0 Å². The van der Waals surface area contributed by atoms with E-state index in [1.54, 1.807) is 0 Å². The molecule has 0 spiro atoms. The quantitative estimate of drug-likeness (QED) is 0.0987. The highest BCUT2D eigenvalue weighted by atomic mass is 32.3. The number of hydrogen-bond acceptors (Lipinski definition) is 6. The van der Waals surface area contributed by atoms with Crippen molar-refractivity contribution in [2.45, 2.75) is 56.0 Å². The van der Waals surface area contributed by atoms with E-state index >= 15 is 0 Å². The lowest BCUT2D eigenvalue weighted by Gasteiger charge is -2.34. The Kier molecular flexibility index (Phi) is 13.6. The van der Waals surface area contributed by atoms with Gasteiger partial charge >= 0.3 is 28.8 Å². The second-order valence-electron chi connectivity index (χ2n) is 7.57. The predicted molar refractivity (Wildman–Crippen MR) is 110 cm³/mol. The van der Waals surface area contributed by atoms with Gasteiger partial charge < -0.3 is 13.3 Å². The highest BCUT2D eigenvalue weighted by Crippen LogP contribution is 2.47. The summed E-state index contributed by atoms with van der Waals surface area (Å²) in [6.07, 6.45) is -9.47. The lowest BCUT2D eigenvalue weighted by atomic mass is 10.2. The first kappa shape index (κ1) is 37.5. The van der Waals surface area contributed by atoms with Crippen LogP contribution in [0.2, 0.25) is 0 Å². The summed E-state index contributed by atoms with van der Waals surface area (Å²) in [6, 6.07) is 0. The van der Waals surface area contributed by atoms with Crippen LogP contribution in [0.3, 0.4) is 0 Å². The smallest absolute Gasteiger partial charge is 0.462 e. The molecule has 0 saturated heterocycles. The molecule has 0 aliphatic rings. The summed E-state index contributed by atoms with van der Waals surface area (Å²) < 4.78 is 167. The second-order valence-corrected chi connectivity index (χ2v) is 11.1. The molecule has 0 saturated carbocycles. The summed E-state index contributed by atoms with van der Waals surface area (Å²) >= 11 is 0. The minimum Gasteiger partial charge on any atom is -0.462 e. The summed E-state index contributed by atoms with van der Waals surface area (Å²) in [5.41, 5.74) is 0. The zero-order valence-electron chi connectivity index (χ0n) is 19.7. The molecular formula is C17H26F10N2O6S2. The van der Waals surface area contributed by atoms with Gasteiger partial charge in [-0.05, 0) is 12.8 Å². The molecule has 0 aromatic rings. The zero-order chi connectivity index (χ0) is 30.1. The van der Waals surface area contributed by atoms with Gasteiger partial charge in [0, 0.05) is 12.5 Å². The van der Waals surface area contributed by atoms with Crippen molar-refractivity contribution < 1.29 is 74.8 Å². The normalized spacial score (nSPS) is 14.0. The van der Waals surface area contributed by atoms with Gasteiger partial charge in [-0.15, -0.1) is 0 Å². The number of nitrogens with zero attached hydrogens (tertiary/aromatic N) is 2. The number of quaternary nitrogens is 1. The van der Waals surface area contributed by atoms with E-state index in [0.717, 1.165) is 17.4 Å². The zero-order valence-corrected chi connectivity index (χ0v) is 21.3. The second kappa shape index (κ2) is 13.4. The standard InChI is InChI=1S/C13H26NO2.C4F10NO4S2/c1-5-9-14(4,10-6-2)11-8-12-16-13(15)7-3;5-1(6,7)3(11,12)20(16,17)15-21(18,19)4(13,14)2(8,9)10/h7H,3,5-6,8-12H2,1-2,4H3;/q+1;-1. The van der Waals surface area contributed by atoms with Gasteiger partial charge in [0.15, 0.2) is 20.0 Å². The third kappa shape index (κ3) is 10.5. The largest absolute Gasteiger partial charge is 0.467 e. The molecule has 0 heterocycles. The maximum absolute atomic E-state index is 12.3. The molecule has 0 unspecified atom stereocenters. The molecule has 0 rings (SSSR count). The molecular weight excluding hydrogens is 582 g/mol. The number of esters is 1. The molecule has 222 valence electrons. The first-order chi connectivity index (χ1) is 16.3. The van der Waals surface area contributed by atoms with Crippen molar-refractivity contribution >= 4 is 26.0 Å². The highest BCUT2D eigenvalue weighted by Gasteiger charge is 2.68. The minimum atomic E-state index is -7.62. The van der Waals surface area contributed by atoms with Crippen LogP contribution in [0.1, 0.15) is 33.1 Å². The van der Waals surface area contributed by atoms with E-state index in [0.29, 0.717) is 10.7 Å². The van der Waals surface area contributed by atoms with E-state index in [4.69, 9.17) is 4.74 Å². The Morgan fingerprint density at radius 2 is 1.16 bits per heavy atom. The van der Waals surface area contributed by atoms with Gasteiger partial charge in [0.05, 0.1) is 33.3 Å². The minimum absolute atomic E-state index is 0.319. The number of ether oxygens (including phenoxy) is 1. The van der Waals surface area contributed by atoms with Crippen LogP contribution in [0.15, 0.2) is 12.7 Å². The van der Waals surface area contributed by atoms with Crippen LogP contribution in [0.4, 0.5) is 43.9 Å². The van der Waals surface area contributed by atoms with E-state index < -0.39 is 42.9 Å². The lowest BCUT2D eigenvalue weighted by Crippen LogP contribution is -2.48. The number of carbonyl (C=O) groups is 1. The fraction of sp³-hybridized carbons (Fsp3) is 0.824. The Balaban J connectivity index is 0. The summed E-state index contributed by atoms with van der Waals surface area (Å²) in [4.78, 5) is 10.8. The van der Waals surface area contributed by atoms with Crippen molar-refractivity contribution in [3.05, 3.63) is 16.8 Å². The molecule has 0 N–H and O–H groups in total. The average molecular weight is 609 g/mol. The monoisotopic (exact) mass is 608 g/mol. The summed E-state index contributed by atoms with van der Waals surface area (Å²) in [5, 5.41) is -14.0. The number of alkyl halides is 10. The van der Waals surface area contributed by atoms with Crippen LogP contribution < -0.4 is 0 Å². The summed E-state index contributed by atoms with van der Waals surface area (Å²) in [5.74, 6) is -0.319. The van der Waals surface area contributed by atoms with E-state index in [1.807, 2.05) is 0 Å². The lowest BCUT2D eigenvalue weighted by molar-refractivity contribution is -0.909. The first-order valence-corrected chi connectivity index (χ1v) is 12.9. The van der Waals surface area contributed by atoms with E-state index in [9.17, 15) is 65.5 Å². The molecule has 0 amide bonds. The molecule has 0 aromatic carbocycles. The fourth-order valence-corrected chi connectivity index (χ4v) is 4.98. The fourth-order valence-electron chi connectivity index (χ4n) is 2.61. The molecule has 8 nitrogen and oxygen atoms in total. The van der Waals surface area contributed by atoms with Gasteiger partial charge in [0.1, 0.15) is 0 Å². The Morgan fingerprint density at radius 1 is 0.811 bits per heavy atom. The van der Waals surface area contributed by atoms with Gasteiger partial charge in [-0.1, -0.05) is 20.4 Å². The number of halogens is 10. The van der Waals surface area contributed by atoms with Crippen molar-refractivity contribution in [3.8, 4) is 0 Å². The third-order valence-electron chi connectivity index (χ3n) is 4.28. The summed E-state index contributed by atoms with van der Waals surface area (Å²) in [7, 11) is -13.0. The van der Waals surface area contributed by atoms with Crippen molar-refractivity contribution in [2.24, 2.45) is 0 Å². The highest BCUT2D eigenvalue weighted by molar-refractivity contribution is 8.13. The Labute approximate surface area is 207 Å². The van der Waals surface area contributed by atoms with E-state index in [1.165, 1.54) is 32.0 Å². The molecule has 0 aliphatic heterocycles. The van der Waals surface area contributed by atoms with Gasteiger partial charge in [-0.25, -0.2) is 21.6 Å².